The molecule has 0 aromatic heterocycles. The van der Waals surface area contributed by atoms with Gasteiger partial charge in [-0.2, -0.15) is 0 Å². The Morgan fingerprint density at radius 2 is 2.07 bits per heavy atom. The van der Waals surface area contributed by atoms with E-state index < -0.39 is 27.4 Å². The van der Waals surface area contributed by atoms with Crippen molar-refractivity contribution < 1.29 is 13.7 Å². The number of aliphatic hydroxyl groups excluding tert-OH is 1. The first kappa shape index (κ1) is 13.1. The van der Waals surface area contributed by atoms with Crippen LogP contribution in [0.1, 0.15) is 40.0 Å². The molecule has 90 valence electrons. The standard InChI is InChI=1S/C10H20FNO2S/c1-9(2,3)15(14)12-8(4-7-13)10(11)5-6-10/h8,12-13H,4-7H2,1-3H3/t8-,15?/m0/s1. The van der Waals surface area contributed by atoms with Gasteiger partial charge < -0.3 is 5.11 Å². The van der Waals surface area contributed by atoms with E-state index in [2.05, 4.69) is 4.72 Å². The molecule has 2 atom stereocenters. The predicted molar refractivity (Wildman–Crippen MR) is 59.6 cm³/mol. The zero-order valence-corrected chi connectivity index (χ0v) is 10.4. The highest BCUT2D eigenvalue weighted by atomic mass is 32.2. The van der Waals surface area contributed by atoms with Crippen LogP contribution in [0.25, 0.3) is 0 Å². The van der Waals surface area contributed by atoms with Crippen LogP contribution in [0.4, 0.5) is 4.39 Å². The lowest BCUT2D eigenvalue weighted by Gasteiger charge is -2.26. The van der Waals surface area contributed by atoms with Crippen molar-refractivity contribution in [1.29, 1.82) is 0 Å². The fraction of sp³-hybridized carbons (Fsp3) is 1.00. The van der Waals surface area contributed by atoms with Crippen LogP contribution < -0.4 is 4.72 Å². The van der Waals surface area contributed by atoms with E-state index >= 15 is 0 Å². The smallest absolute Gasteiger partial charge is 0.127 e. The lowest BCUT2D eigenvalue weighted by molar-refractivity contribution is 0.196. The van der Waals surface area contributed by atoms with Gasteiger partial charge in [0, 0.05) is 6.61 Å². The molecule has 0 aromatic rings. The van der Waals surface area contributed by atoms with Crippen molar-refractivity contribution in [2.45, 2.75) is 56.5 Å². The van der Waals surface area contributed by atoms with Gasteiger partial charge in [-0.05, 0) is 40.0 Å². The third kappa shape index (κ3) is 3.50. The van der Waals surface area contributed by atoms with Crippen LogP contribution in [0, 0.1) is 0 Å². The van der Waals surface area contributed by atoms with Gasteiger partial charge in [0.05, 0.1) is 21.8 Å². The van der Waals surface area contributed by atoms with Gasteiger partial charge >= 0.3 is 0 Å². The second-order valence-electron chi connectivity index (χ2n) is 5.10. The Balaban J connectivity index is 2.56. The lowest BCUT2D eigenvalue weighted by atomic mass is 10.1. The average Bonchev–Trinajstić information content (AvgIpc) is 2.82. The van der Waals surface area contributed by atoms with Crippen molar-refractivity contribution >= 4 is 11.0 Å². The second-order valence-corrected chi connectivity index (χ2v) is 7.10. The number of aliphatic hydroxyl groups is 1. The van der Waals surface area contributed by atoms with Gasteiger partial charge in [-0.1, -0.05) is 0 Å². The van der Waals surface area contributed by atoms with E-state index in [1.165, 1.54) is 0 Å². The molecule has 0 amide bonds. The van der Waals surface area contributed by atoms with Crippen LogP contribution in [0.5, 0.6) is 0 Å². The van der Waals surface area contributed by atoms with Crippen LogP contribution in [0.15, 0.2) is 0 Å². The molecule has 15 heavy (non-hydrogen) atoms. The van der Waals surface area contributed by atoms with Crippen molar-refractivity contribution in [3.8, 4) is 0 Å². The van der Waals surface area contributed by atoms with Gasteiger partial charge in [-0.15, -0.1) is 0 Å². The molecule has 0 spiro atoms. The Kier molecular flexibility index (Phi) is 3.90. The highest BCUT2D eigenvalue weighted by Gasteiger charge is 2.50. The van der Waals surface area contributed by atoms with Crippen molar-refractivity contribution in [1.82, 2.24) is 4.72 Å². The van der Waals surface area contributed by atoms with Crippen LogP contribution in [-0.4, -0.2) is 32.4 Å². The number of halogens is 1. The highest BCUT2D eigenvalue weighted by Crippen LogP contribution is 2.44. The fourth-order valence-electron chi connectivity index (χ4n) is 1.33. The molecule has 3 nitrogen and oxygen atoms in total. The number of alkyl halides is 1. The van der Waals surface area contributed by atoms with Gasteiger partial charge in [0.1, 0.15) is 5.67 Å². The fourth-order valence-corrected chi connectivity index (χ4v) is 2.27. The summed E-state index contributed by atoms with van der Waals surface area (Å²) >= 11 is 0. The number of hydrogen-bond acceptors (Lipinski definition) is 2. The van der Waals surface area contributed by atoms with Crippen LogP contribution >= 0.6 is 0 Å². The molecule has 1 aliphatic rings. The summed E-state index contributed by atoms with van der Waals surface area (Å²) in [5, 5.41) is 8.84. The molecule has 5 heteroatoms. The molecule has 2 N–H and O–H groups in total. The molecule has 1 fully saturated rings. The summed E-state index contributed by atoms with van der Waals surface area (Å²) < 4.78 is 28.0. The van der Waals surface area contributed by atoms with Crippen LogP contribution in [0.2, 0.25) is 0 Å². The Bertz CT molecular complexity index is 248. The van der Waals surface area contributed by atoms with Crippen molar-refractivity contribution in [2.24, 2.45) is 0 Å². The maximum absolute atomic E-state index is 13.8. The van der Waals surface area contributed by atoms with Crippen molar-refractivity contribution in [2.75, 3.05) is 6.61 Å². The Hall–Kier alpha value is -0.0000000000000000555. The van der Waals surface area contributed by atoms with Crippen LogP contribution in [0.3, 0.4) is 0 Å². The maximum atomic E-state index is 13.8. The largest absolute Gasteiger partial charge is 0.396 e. The van der Waals surface area contributed by atoms with E-state index in [4.69, 9.17) is 5.11 Å². The zero-order valence-electron chi connectivity index (χ0n) is 9.55. The number of hydrogen-bond donors (Lipinski definition) is 2. The predicted octanol–water partition coefficient (Wildman–Crippen LogP) is 1.29. The van der Waals surface area contributed by atoms with Gasteiger partial charge in [-0.25, -0.2) is 13.3 Å². The van der Waals surface area contributed by atoms with Crippen molar-refractivity contribution in [3.05, 3.63) is 0 Å². The molecule has 0 aromatic carbocycles. The molecule has 0 radical (unpaired) electrons. The molecule has 1 rings (SSSR count). The minimum atomic E-state index is -1.28. The second kappa shape index (κ2) is 4.47. The molecular weight excluding hydrogens is 217 g/mol. The average molecular weight is 237 g/mol. The van der Waals surface area contributed by atoms with E-state index in [1.807, 2.05) is 20.8 Å². The molecule has 1 unspecified atom stereocenters. The monoisotopic (exact) mass is 237 g/mol. The minimum absolute atomic E-state index is 0.0787. The summed E-state index contributed by atoms with van der Waals surface area (Å²) in [6, 6.07) is -0.484. The van der Waals surface area contributed by atoms with E-state index in [0.717, 1.165) is 0 Å². The molecule has 0 bridgehead atoms. The SMILES string of the molecule is CC(C)(C)S(=O)N[C@@H](CCO)C1(F)CC1. The summed E-state index contributed by atoms with van der Waals surface area (Å²) in [5.41, 5.74) is -1.25. The molecule has 1 saturated carbocycles. The highest BCUT2D eigenvalue weighted by molar-refractivity contribution is 7.84. The summed E-state index contributed by atoms with van der Waals surface area (Å²) in [6.45, 7) is 5.43. The molecule has 0 heterocycles. The Labute approximate surface area is 93.0 Å². The normalized spacial score (nSPS) is 23.5. The first-order chi connectivity index (χ1) is 6.79. The minimum Gasteiger partial charge on any atom is -0.396 e. The summed E-state index contributed by atoms with van der Waals surface area (Å²) in [4.78, 5) is 0. The summed E-state index contributed by atoms with van der Waals surface area (Å²) in [6.07, 6.45) is 1.33. The van der Waals surface area contributed by atoms with E-state index in [9.17, 15) is 8.60 Å². The van der Waals surface area contributed by atoms with Gasteiger partial charge in [0.2, 0.25) is 0 Å². The molecule has 0 aliphatic heterocycles. The number of rotatable bonds is 5. The summed E-state index contributed by atoms with van der Waals surface area (Å²) in [5.74, 6) is 0. The summed E-state index contributed by atoms with van der Waals surface area (Å²) in [7, 11) is -1.28. The Morgan fingerprint density at radius 1 is 1.53 bits per heavy atom. The van der Waals surface area contributed by atoms with E-state index in [0.29, 0.717) is 19.3 Å². The Morgan fingerprint density at radius 3 is 2.40 bits per heavy atom. The van der Waals surface area contributed by atoms with Gasteiger partial charge in [0.25, 0.3) is 0 Å². The third-order valence-corrected chi connectivity index (χ3v) is 4.19. The van der Waals surface area contributed by atoms with Gasteiger partial charge in [0.15, 0.2) is 0 Å². The third-order valence-electron chi connectivity index (χ3n) is 2.58. The lowest BCUT2D eigenvalue weighted by Crippen LogP contribution is -2.45. The maximum Gasteiger partial charge on any atom is 0.127 e. The van der Waals surface area contributed by atoms with Crippen LogP contribution in [-0.2, 0) is 11.0 Å². The van der Waals surface area contributed by atoms with Gasteiger partial charge in [-0.3, -0.25) is 0 Å². The molecule has 1 aliphatic carbocycles. The number of nitrogens with one attached hydrogen (secondary N) is 1. The van der Waals surface area contributed by atoms with Crippen molar-refractivity contribution in [3.63, 3.8) is 0 Å². The molecule has 0 saturated heterocycles. The molecular formula is C10H20FNO2S. The quantitative estimate of drug-likeness (QED) is 0.757. The topological polar surface area (TPSA) is 49.3 Å². The van der Waals surface area contributed by atoms with E-state index in [1.54, 1.807) is 0 Å². The zero-order chi connectivity index (χ0) is 11.7. The van der Waals surface area contributed by atoms with E-state index in [-0.39, 0.29) is 6.61 Å². The first-order valence-corrected chi connectivity index (χ1v) is 6.42. The first-order valence-electron chi connectivity index (χ1n) is 5.27.